The molecule has 1 N–H and O–H groups in total. The second-order valence-electron chi connectivity index (χ2n) is 5.00. The largest absolute Gasteiger partial charge is 0.390 e. The minimum absolute atomic E-state index is 0.0507. The summed E-state index contributed by atoms with van der Waals surface area (Å²) in [6.07, 6.45) is 3.26. The molecule has 114 valence electrons. The number of piperazine rings is 1. The van der Waals surface area contributed by atoms with E-state index in [9.17, 15) is 4.79 Å². The molecule has 22 heavy (non-hydrogen) atoms. The van der Waals surface area contributed by atoms with Crippen LogP contribution in [0.1, 0.15) is 16.2 Å². The maximum Gasteiger partial charge on any atom is 0.272 e. The third-order valence-corrected chi connectivity index (χ3v) is 3.60. The fraction of sp³-hybridized carbons (Fsp3) is 0.333. The van der Waals surface area contributed by atoms with Crippen molar-refractivity contribution in [1.29, 1.82) is 0 Å². The number of carbonyl (C=O) groups excluding carboxylic acids is 1. The molecule has 0 unspecified atom stereocenters. The first-order valence-corrected chi connectivity index (χ1v) is 7.16. The van der Waals surface area contributed by atoms with E-state index in [0.29, 0.717) is 43.5 Å². The van der Waals surface area contributed by atoms with Crippen LogP contribution in [0.3, 0.4) is 0 Å². The molecular formula is C15H17N5O2. The minimum atomic E-state index is -0.104. The van der Waals surface area contributed by atoms with E-state index < -0.39 is 0 Å². The summed E-state index contributed by atoms with van der Waals surface area (Å²) < 4.78 is 0. The summed E-state index contributed by atoms with van der Waals surface area (Å²) >= 11 is 0. The molecule has 1 saturated heterocycles. The van der Waals surface area contributed by atoms with Gasteiger partial charge in [-0.3, -0.25) is 9.78 Å². The normalized spacial score (nSPS) is 15.0. The van der Waals surface area contributed by atoms with Crippen molar-refractivity contribution in [3.8, 4) is 0 Å². The Bertz CT molecular complexity index is 641. The van der Waals surface area contributed by atoms with Gasteiger partial charge in [-0.15, -0.1) is 0 Å². The molecule has 2 aromatic rings. The third kappa shape index (κ3) is 3.04. The molecule has 0 bridgehead atoms. The van der Waals surface area contributed by atoms with Crippen LogP contribution in [0.25, 0.3) is 0 Å². The summed E-state index contributed by atoms with van der Waals surface area (Å²) in [6, 6.07) is 7.01. The molecule has 1 aliphatic rings. The number of aliphatic hydroxyl groups excluding tert-OH is 1. The Morgan fingerprint density at radius 3 is 2.59 bits per heavy atom. The van der Waals surface area contributed by atoms with Crippen molar-refractivity contribution in [1.82, 2.24) is 19.9 Å². The lowest BCUT2D eigenvalue weighted by molar-refractivity contribution is 0.0740. The Balaban J connectivity index is 1.64. The zero-order valence-corrected chi connectivity index (χ0v) is 12.1. The van der Waals surface area contributed by atoms with E-state index >= 15 is 0 Å². The van der Waals surface area contributed by atoms with Crippen LogP contribution in [-0.2, 0) is 6.61 Å². The Morgan fingerprint density at radius 2 is 1.91 bits per heavy atom. The molecule has 1 amide bonds. The second kappa shape index (κ2) is 6.48. The minimum Gasteiger partial charge on any atom is -0.390 e. The van der Waals surface area contributed by atoms with Crippen molar-refractivity contribution in [3.05, 3.63) is 48.0 Å². The smallest absolute Gasteiger partial charge is 0.272 e. The second-order valence-corrected chi connectivity index (χ2v) is 5.00. The van der Waals surface area contributed by atoms with E-state index in [2.05, 4.69) is 15.0 Å². The number of aromatic nitrogens is 3. The van der Waals surface area contributed by atoms with Crippen molar-refractivity contribution in [3.63, 3.8) is 0 Å². The van der Waals surface area contributed by atoms with E-state index in [1.54, 1.807) is 35.5 Å². The predicted octanol–water partition coefficient (Wildman–Crippen LogP) is 0.326. The van der Waals surface area contributed by atoms with Gasteiger partial charge in [0.25, 0.3) is 5.91 Å². The highest BCUT2D eigenvalue weighted by atomic mass is 16.3. The van der Waals surface area contributed by atoms with Gasteiger partial charge in [-0.2, -0.15) is 0 Å². The van der Waals surface area contributed by atoms with Crippen LogP contribution in [0.5, 0.6) is 0 Å². The van der Waals surface area contributed by atoms with Gasteiger partial charge in [-0.05, 0) is 18.2 Å². The van der Waals surface area contributed by atoms with Gasteiger partial charge in [0.2, 0.25) is 5.95 Å². The van der Waals surface area contributed by atoms with Crippen LogP contribution in [0.2, 0.25) is 0 Å². The first kappa shape index (κ1) is 14.4. The molecule has 0 radical (unpaired) electrons. The number of hydrogen-bond acceptors (Lipinski definition) is 6. The number of carbonyl (C=O) groups is 1. The molecule has 0 aromatic carbocycles. The van der Waals surface area contributed by atoms with Crippen LogP contribution in [0.15, 0.2) is 36.7 Å². The van der Waals surface area contributed by atoms with Gasteiger partial charge in [0, 0.05) is 38.6 Å². The zero-order valence-electron chi connectivity index (χ0n) is 12.1. The predicted molar refractivity (Wildman–Crippen MR) is 80.3 cm³/mol. The molecular weight excluding hydrogens is 282 g/mol. The standard InChI is InChI=1S/C15H17N5O2/c21-11-12-4-6-17-15(18-12)20-9-7-19(8-10-20)14(22)13-3-1-2-5-16-13/h1-6,21H,7-11H2. The highest BCUT2D eigenvalue weighted by Crippen LogP contribution is 2.13. The van der Waals surface area contributed by atoms with Gasteiger partial charge >= 0.3 is 0 Å². The van der Waals surface area contributed by atoms with Crippen LogP contribution in [-0.4, -0.2) is 57.0 Å². The lowest BCUT2D eigenvalue weighted by atomic mass is 10.2. The van der Waals surface area contributed by atoms with Crippen molar-refractivity contribution in [2.45, 2.75) is 6.61 Å². The number of amides is 1. The van der Waals surface area contributed by atoms with E-state index in [4.69, 9.17) is 5.11 Å². The molecule has 2 aromatic heterocycles. The number of anilines is 1. The van der Waals surface area contributed by atoms with Crippen molar-refractivity contribution in [2.24, 2.45) is 0 Å². The Kier molecular flexibility index (Phi) is 4.24. The van der Waals surface area contributed by atoms with Crippen LogP contribution in [0.4, 0.5) is 5.95 Å². The molecule has 0 spiro atoms. The molecule has 7 nitrogen and oxygen atoms in total. The third-order valence-electron chi connectivity index (χ3n) is 3.60. The number of aliphatic hydroxyl groups is 1. The van der Waals surface area contributed by atoms with E-state index in [0.717, 1.165) is 0 Å². The highest BCUT2D eigenvalue weighted by Gasteiger charge is 2.24. The van der Waals surface area contributed by atoms with Gasteiger partial charge in [0.05, 0.1) is 12.3 Å². The average molecular weight is 299 g/mol. The number of nitrogens with zero attached hydrogens (tertiary/aromatic N) is 5. The SMILES string of the molecule is O=C(c1ccccn1)N1CCN(c2nccc(CO)n2)CC1. The molecule has 3 heterocycles. The van der Waals surface area contributed by atoms with Gasteiger partial charge in [0.15, 0.2) is 0 Å². The lowest BCUT2D eigenvalue weighted by Gasteiger charge is -2.34. The summed E-state index contributed by atoms with van der Waals surface area (Å²) in [6.45, 7) is 2.42. The Labute approximate surface area is 128 Å². The molecule has 0 atom stereocenters. The van der Waals surface area contributed by atoms with E-state index in [1.807, 2.05) is 11.0 Å². The quantitative estimate of drug-likeness (QED) is 0.879. The topological polar surface area (TPSA) is 82.5 Å². The summed E-state index contributed by atoms with van der Waals surface area (Å²) in [7, 11) is 0. The highest BCUT2D eigenvalue weighted by molar-refractivity contribution is 5.92. The Morgan fingerprint density at radius 1 is 1.09 bits per heavy atom. The van der Waals surface area contributed by atoms with Crippen molar-refractivity contribution < 1.29 is 9.90 Å². The van der Waals surface area contributed by atoms with Gasteiger partial charge in [0.1, 0.15) is 5.69 Å². The van der Waals surface area contributed by atoms with E-state index in [-0.39, 0.29) is 12.5 Å². The average Bonchev–Trinajstić information content (AvgIpc) is 2.62. The molecule has 1 aliphatic heterocycles. The molecule has 1 fully saturated rings. The molecule has 7 heteroatoms. The summed E-state index contributed by atoms with van der Waals surface area (Å²) in [4.78, 5) is 28.7. The van der Waals surface area contributed by atoms with Crippen molar-refractivity contribution >= 4 is 11.9 Å². The van der Waals surface area contributed by atoms with Crippen LogP contribution < -0.4 is 4.90 Å². The monoisotopic (exact) mass is 299 g/mol. The Hall–Kier alpha value is -2.54. The number of hydrogen-bond donors (Lipinski definition) is 1. The van der Waals surface area contributed by atoms with Crippen LogP contribution in [0, 0.1) is 0 Å². The fourth-order valence-corrected chi connectivity index (χ4v) is 2.39. The van der Waals surface area contributed by atoms with Gasteiger partial charge < -0.3 is 14.9 Å². The molecule has 0 aliphatic carbocycles. The van der Waals surface area contributed by atoms with Crippen LogP contribution >= 0.6 is 0 Å². The summed E-state index contributed by atoms with van der Waals surface area (Å²) in [5.41, 5.74) is 1.06. The maximum atomic E-state index is 12.3. The zero-order chi connectivity index (χ0) is 15.4. The number of pyridine rings is 1. The summed E-state index contributed by atoms with van der Waals surface area (Å²) in [5.74, 6) is 0.543. The summed E-state index contributed by atoms with van der Waals surface area (Å²) in [5, 5.41) is 9.13. The number of rotatable bonds is 3. The first-order valence-electron chi connectivity index (χ1n) is 7.16. The lowest BCUT2D eigenvalue weighted by Crippen LogP contribution is -2.49. The van der Waals surface area contributed by atoms with E-state index in [1.165, 1.54) is 0 Å². The molecule has 0 saturated carbocycles. The first-order chi connectivity index (χ1) is 10.8. The van der Waals surface area contributed by atoms with Crippen molar-refractivity contribution in [2.75, 3.05) is 31.1 Å². The maximum absolute atomic E-state index is 12.3. The van der Waals surface area contributed by atoms with Gasteiger partial charge in [-0.25, -0.2) is 9.97 Å². The fourth-order valence-electron chi connectivity index (χ4n) is 2.39. The van der Waals surface area contributed by atoms with Gasteiger partial charge in [-0.1, -0.05) is 6.07 Å². The molecule has 3 rings (SSSR count).